The van der Waals surface area contributed by atoms with Crippen molar-refractivity contribution in [3.05, 3.63) is 23.3 Å². The quantitative estimate of drug-likeness (QED) is 0.738. The van der Waals surface area contributed by atoms with Crippen LogP contribution in [0.3, 0.4) is 0 Å². The highest BCUT2D eigenvalue weighted by molar-refractivity contribution is 8.15. The van der Waals surface area contributed by atoms with Gasteiger partial charge in [0.05, 0.1) is 0 Å². The topological polar surface area (TPSA) is 34.1 Å². The largest absolute Gasteiger partial charge is 0.249 e. The maximum Gasteiger partial charge on any atom is 0.244 e. The fraction of sp³-hybridized carbons (Fsp3) is 0.556. The first-order valence-corrected chi connectivity index (χ1v) is 6.73. The van der Waals surface area contributed by atoms with E-state index < -0.39 is 40.2 Å². The van der Waals surface area contributed by atoms with Crippen LogP contribution in [0.2, 0.25) is 0 Å². The third kappa shape index (κ3) is 2.27. The van der Waals surface area contributed by atoms with E-state index in [0.717, 1.165) is 12.2 Å². The summed E-state index contributed by atoms with van der Waals surface area (Å²) < 4.78 is 58.3. The zero-order valence-electron chi connectivity index (χ0n) is 8.22. The van der Waals surface area contributed by atoms with E-state index >= 15 is 0 Å². The highest BCUT2D eigenvalue weighted by Gasteiger charge is 2.43. The van der Waals surface area contributed by atoms with Gasteiger partial charge in [0.2, 0.25) is 9.05 Å². The smallest absolute Gasteiger partial charge is 0.244 e. The standard InChI is InChI=1S/C9H10ClF3O2S/c10-16(14,15)9(6-13)2-1-7(4-11)8(3-9)5-12/h1-2H,3-6H2. The number of allylic oxidation sites excluding steroid dienone is 3. The van der Waals surface area contributed by atoms with Crippen LogP contribution in [0, 0.1) is 0 Å². The minimum atomic E-state index is -4.23. The number of alkyl halides is 3. The molecule has 0 aliphatic heterocycles. The average Bonchev–Trinajstić information content (AvgIpc) is 2.26. The summed E-state index contributed by atoms with van der Waals surface area (Å²) in [4.78, 5) is 0. The lowest BCUT2D eigenvalue weighted by Gasteiger charge is -2.28. The highest BCUT2D eigenvalue weighted by Crippen LogP contribution is 2.36. The predicted molar refractivity (Wildman–Crippen MR) is 56.2 cm³/mol. The molecule has 0 radical (unpaired) electrons. The summed E-state index contributed by atoms with van der Waals surface area (Å²) in [6, 6.07) is 0. The van der Waals surface area contributed by atoms with Gasteiger partial charge >= 0.3 is 0 Å². The first kappa shape index (κ1) is 13.6. The fourth-order valence-electron chi connectivity index (χ4n) is 1.50. The van der Waals surface area contributed by atoms with Gasteiger partial charge in [0.1, 0.15) is 24.8 Å². The van der Waals surface area contributed by atoms with Crippen LogP contribution in [-0.2, 0) is 9.05 Å². The van der Waals surface area contributed by atoms with Crippen molar-refractivity contribution in [3.8, 4) is 0 Å². The van der Waals surface area contributed by atoms with Gasteiger partial charge in [0, 0.05) is 10.7 Å². The first-order chi connectivity index (χ1) is 7.40. The van der Waals surface area contributed by atoms with Crippen LogP contribution >= 0.6 is 10.7 Å². The second-order valence-electron chi connectivity index (χ2n) is 3.54. The molecule has 2 nitrogen and oxygen atoms in total. The third-order valence-corrected chi connectivity index (χ3v) is 4.85. The maximum atomic E-state index is 12.8. The summed E-state index contributed by atoms with van der Waals surface area (Å²) >= 11 is 0. The van der Waals surface area contributed by atoms with Crippen LogP contribution in [0.1, 0.15) is 6.42 Å². The van der Waals surface area contributed by atoms with E-state index in [0.29, 0.717) is 0 Å². The first-order valence-electron chi connectivity index (χ1n) is 4.42. The molecule has 0 saturated carbocycles. The summed E-state index contributed by atoms with van der Waals surface area (Å²) in [5, 5.41) is 0. The molecule has 0 bridgehead atoms. The Bertz CT molecular complexity index is 430. The van der Waals surface area contributed by atoms with Gasteiger partial charge in [-0.05, 0) is 17.6 Å². The molecular weight excluding hydrogens is 265 g/mol. The van der Waals surface area contributed by atoms with E-state index in [1.165, 1.54) is 0 Å². The lowest BCUT2D eigenvalue weighted by molar-refractivity contribution is 0.402. The van der Waals surface area contributed by atoms with Gasteiger partial charge in [-0.25, -0.2) is 21.6 Å². The number of hydrogen-bond donors (Lipinski definition) is 0. The van der Waals surface area contributed by atoms with Crippen molar-refractivity contribution in [1.82, 2.24) is 0 Å². The fourth-order valence-corrected chi connectivity index (χ4v) is 2.65. The van der Waals surface area contributed by atoms with E-state index in [2.05, 4.69) is 0 Å². The Balaban J connectivity index is 3.18. The van der Waals surface area contributed by atoms with Crippen molar-refractivity contribution in [1.29, 1.82) is 0 Å². The zero-order valence-corrected chi connectivity index (χ0v) is 9.79. The minimum absolute atomic E-state index is 0.0480. The van der Waals surface area contributed by atoms with Gasteiger partial charge < -0.3 is 0 Å². The summed E-state index contributed by atoms with van der Waals surface area (Å²) in [6.07, 6.45) is 1.63. The van der Waals surface area contributed by atoms with Crippen molar-refractivity contribution >= 4 is 19.7 Å². The van der Waals surface area contributed by atoms with Gasteiger partial charge in [0.25, 0.3) is 0 Å². The molecular formula is C9H10ClF3O2S. The lowest BCUT2D eigenvalue weighted by atomic mass is 9.90. The highest BCUT2D eigenvalue weighted by atomic mass is 35.7. The second-order valence-corrected chi connectivity index (χ2v) is 6.45. The molecule has 1 rings (SSSR count). The van der Waals surface area contributed by atoms with Crippen LogP contribution in [0.15, 0.2) is 23.3 Å². The Morgan fingerprint density at radius 3 is 2.31 bits per heavy atom. The van der Waals surface area contributed by atoms with Crippen molar-refractivity contribution in [2.75, 3.05) is 20.0 Å². The predicted octanol–water partition coefficient (Wildman–Crippen LogP) is 2.46. The normalized spacial score (nSPS) is 26.2. The molecule has 1 aliphatic rings. The van der Waals surface area contributed by atoms with E-state index in [1.54, 1.807) is 0 Å². The minimum Gasteiger partial charge on any atom is -0.249 e. The number of hydrogen-bond acceptors (Lipinski definition) is 2. The Morgan fingerprint density at radius 2 is 1.94 bits per heavy atom. The summed E-state index contributed by atoms with van der Waals surface area (Å²) in [6.45, 7) is -3.20. The maximum absolute atomic E-state index is 12.8. The van der Waals surface area contributed by atoms with E-state index in [4.69, 9.17) is 10.7 Å². The third-order valence-electron chi connectivity index (χ3n) is 2.57. The van der Waals surface area contributed by atoms with Gasteiger partial charge in [-0.1, -0.05) is 12.2 Å². The monoisotopic (exact) mass is 274 g/mol. The van der Waals surface area contributed by atoms with Crippen molar-refractivity contribution in [3.63, 3.8) is 0 Å². The summed E-state index contributed by atoms with van der Waals surface area (Å²) in [7, 11) is 0.899. The molecule has 0 aromatic rings. The van der Waals surface area contributed by atoms with Crippen LogP contribution in [0.4, 0.5) is 13.2 Å². The molecule has 1 aliphatic carbocycles. The molecule has 16 heavy (non-hydrogen) atoms. The van der Waals surface area contributed by atoms with E-state index in [9.17, 15) is 21.6 Å². The van der Waals surface area contributed by atoms with Gasteiger partial charge in [-0.15, -0.1) is 0 Å². The number of halogens is 4. The van der Waals surface area contributed by atoms with Crippen LogP contribution in [0.25, 0.3) is 0 Å². The van der Waals surface area contributed by atoms with Crippen LogP contribution in [0.5, 0.6) is 0 Å². The Morgan fingerprint density at radius 1 is 1.31 bits per heavy atom. The Hall–Kier alpha value is -0.490. The number of rotatable bonds is 4. The summed E-state index contributed by atoms with van der Waals surface area (Å²) in [5.74, 6) is 0. The molecule has 92 valence electrons. The molecule has 1 atom stereocenters. The Kier molecular flexibility index (Phi) is 4.07. The molecule has 0 fully saturated rings. The van der Waals surface area contributed by atoms with E-state index in [-0.39, 0.29) is 11.1 Å². The molecule has 0 N–H and O–H groups in total. The second kappa shape index (κ2) is 4.79. The van der Waals surface area contributed by atoms with Crippen LogP contribution in [-0.4, -0.2) is 33.2 Å². The van der Waals surface area contributed by atoms with Gasteiger partial charge in [-0.3, -0.25) is 0 Å². The van der Waals surface area contributed by atoms with Gasteiger partial charge in [0.15, 0.2) is 0 Å². The molecule has 0 spiro atoms. The molecule has 1 unspecified atom stereocenters. The zero-order chi connectivity index (χ0) is 12.4. The molecule has 0 aromatic carbocycles. The SMILES string of the molecule is O=S(=O)(Cl)C1(CF)C=CC(CF)=C(CF)C1. The van der Waals surface area contributed by atoms with Crippen molar-refractivity contribution in [2.45, 2.75) is 11.2 Å². The summed E-state index contributed by atoms with van der Waals surface area (Å²) in [5.41, 5.74) is -0.0150. The van der Waals surface area contributed by atoms with Crippen molar-refractivity contribution in [2.24, 2.45) is 0 Å². The van der Waals surface area contributed by atoms with Crippen molar-refractivity contribution < 1.29 is 21.6 Å². The molecule has 0 saturated heterocycles. The van der Waals surface area contributed by atoms with E-state index in [1.807, 2.05) is 0 Å². The average molecular weight is 275 g/mol. The molecule has 7 heteroatoms. The molecule has 0 aromatic heterocycles. The lowest BCUT2D eigenvalue weighted by Crippen LogP contribution is -2.38. The molecule has 0 amide bonds. The Labute approximate surface area is 96.2 Å². The molecule has 0 heterocycles. The van der Waals surface area contributed by atoms with Gasteiger partial charge in [-0.2, -0.15) is 0 Å². The van der Waals surface area contributed by atoms with Crippen LogP contribution < -0.4 is 0 Å².